The second kappa shape index (κ2) is 22.6. The van der Waals surface area contributed by atoms with E-state index in [1.54, 1.807) is 0 Å². The van der Waals surface area contributed by atoms with Gasteiger partial charge < -0.3 is 15.1 Å². The molecule has 0 aliphatic carbocycles. The van der Waals surface area contributed by atoms with Crippen LogP contribution in [0.3, 0.4) is 0 Å². The van der Waals surface area contributed by atoms with Gasteiger partial charge in [0.15, 0.2) is 5.78 Å². The SMILES string of the molecule is CCC(CC)C(=O)C=C(O)C(CC)CC.Cc1[c-]c(-c2nccc3cc(C(C)C)ccc23)cc(C)c1.Cc1[c-]c(-c2nccc3cc(C(C)C)ccc23)cc(C)c1.[Ir]. The molecule has 1 N–H and O–H groups in total. The van der Waals surface area contributed by atoms with Crippen molar-refractivity contribution < 1.29 is 30.0 Å². The number of ketones is 1. The van der Waals surface area contributed by atoms with E-state index in [0.29, 0.717) is 11.8 Å². The predicted molar refractivity (Wildman–Crippen MR) is 243 cm³/mol. The average Bonchev–Trinajstić information content (AvgIpc) is 3.17. The Morgan fingerprint density at radius 2 is 1.00 bits per heavy atom. The van der Waals surface area contributed by atoms with Crippen molar-refractivity contribution >= 4 is 27.3 Å². The molecule has 4 nitrogen and oxygen atoms in total. The van der Waals surface area contributed by atoms with Crippen molar-refractivity contribution in [1.82, 2.24) is 9.97 Å². The van der Waals surface area contributed by atoms with Crippen LogP contribution in [-0.4, -0.2) is 20.9 Å². The molecule has 0 spiro atoms. The molecule has 0 fully saturated rings. The second-order valence-corrected chi connectivity index (χ2v) is 16.1. The molecule has 0 unspecified atom stereocenters. The van der Waals surface area contributed by atoms with Gasteiger partial charge in [-0.05, 0) is 93.7 Å². The number of hydrogen-bond donors (Lipinski definition) is 1. The number of hydrogen-bond acceptors (Lipinski definition) is 4. The van der Waals surface area contributed by atoms with Crippen molar-refractivity contribution in [2.75, 3.05) is 0 Å². The smallest absolute Gasteiger partial charge is 0.162 e. The van der Waals surface area contributed by atoms with Crippen LogP contribution < -0.4 is 0 Å². The summed E-state index contributed by atoms with van der Waals surface area (Å²) in [5.74, 6) is 1.63. The molecular weight excluding hydrogens is 889 g/mol. The van der Waals surface area contributed by atoms with Crippen molar-refractivity contribution in [3.63, 3.8) is 0 Å². The fraction of sp³-hybridized carbons (Fsp3) is 0.377. The number of carbonyl (C=O) groups is 1. The molecule has 58 heavy (non-hydrogen) atoms. The molecule has 1 radical (unpaired) electrons. The third-order valence-electron chi connectivity index (χ3n) is 10.8. The Kier molecular flexibility index (Phi) is 18.7. The third kappa shape index (κ3) is 12.8. The standard InChI is InChI=1S/2C20H20N.C13H24O2.Ir/c2*1-13(2)16-5-6-19-17(12-16)7-8-21-20(19)18-10-14(3)9-15(4)11-18;1-5-10(6-2)12(14)9-13(15)11(7-3)8-4;/h2*5-10,12-13H,1-4H3;9-11,14H,5-8H2,1-4H3;/q2*-1;;. The quantitative estimate of drug-likeness (QED) is 0.0798. The maximum atomic E-state index is 11.7. The molecule has 0 aliphatic heterocycles. The van der Waals surface area contributed by atoms with Gasteiger partial charge in [0.05, 0.1) is 5.76 Å². The van der Waals surface area contributed by atoms with E-state index in [0.717, 1.165) is 59.3 Å². The molecule has 0 amide bonds. The van der Waals surface area contributed by atoms with Crippen molar-refractivity contribution in [1.29, 1.82) is 0 Å². The van der Waals surface area contributed by atoms with Crippen LogP contribution in [0.25, 0.3) is 44.1 Å². The van der Waals surface area contributed by atoms with Crippen molar-refractivity contribution in [3.05, 3.63) is 143 Å². The van der Waals surface area contributed by atoms with Crippen LogP contribution in [0, 0.1) is 51.7 Å². The van der Waals surface area contributed by atoms with E-state index in [1.165, 1.54) is 49.9 Å². The summed E-state index contributed by atoms with van der Waals surface area (Å²) in [4.78, 5) is 20.9. The van der Waals surface area contributed by atoms with Gasteiger partial charge in [-0.3, -0.25) is 4.79 Å². The van der Waals surface area contributed by atoms with E-state index in [4.69, 9.17) is 0 Å². The Balaban J connectivity index is 0.000000235. The first-order valence-corrected chi connectivity index (χ1v) is 20.9. The van der Waals surface area contributed by atoms with Gasteiger partial charge in [-0.1, -0.05) is 119 Å². The molecule has 0 saturated heterocycles. The second-order valence-electron chi connectivity index (χ2n) is 16.1. The topological polar surface area (TPSA) is 63.1 Å². The molecule has 2 aromatic heterocycles. The molecule has 6 aromatic rings. The summed E-state index contributed by atoms with van der Waals surface area (Å²) < 4.78 is 0. The van der Waals surface area contributed by atoms with Gasteiger partial charge in [0.25, 0.3) is 0 Å². The summed E-state index contributed by atoms with van der Waals surface area (Å²) in [6.45, 7) is 25.4. The Labute approximate surface area is 363 Å². The summed E-state index contributed by atoms with van der Waals surface area (Å²) in [5, 5.41) is 14.7. The molecule has 4 aromatic carbocycles. The van der Waals surface area contributed by atoms with E-state index >= 15 is 0 Å². The molecular formula is C53H64IrN2O2-2. The minimum Gasteiger partial charge on any atom is -0.512 e. The van der Waals surface area contributed by atoms with Gasteiger partial charge in [0.1, 0.15) is 0 Å². The normalized spacial score (nSPS) is 11.4. The number of aryl methyl sites for hydroxylation is 4. The Hall–Kier alpha value is -4.44. The zero-order valence-corrected chi connectivity index (χ0v) is 39.3. The number of aliphatic hydroxyl groups is 1. The van der Waals surface area contributed by atoms with Crippen LogP contribution in [0.2, 0.25) is 0 Å². The molecule has 0 bridgehead atoms. The van der Waals surface area contributed by atoms with Crippen LogP contribution in [0.4, 0.5) is 0 Å². The largest absolute Gasteiger partial charge is 0.512 e. The Bertz CT molecular complexity index is 2120. The molecule has 309 valence electrons. The van der Waals surface area contributed by atoms with Crippen LogP contribution >= 0.6 is 0 Å². The summed E-state index contributed by atoms with van der Waals surface area (Å²) in [5.41, 5.74) is 11.7. The summed E-state index contributed by atoms with van der Waals surface area (Å²) >= 11 is 0. The van der Waals surface area contributed by atoms with Crippen LogP contribution in [0.15, 0.2) is 97.0 Å². The number of benzene rings is 4. The van der Waals surface area contributed by atoms with E-state index in [1.807, 2.05) is 40.1 Å². The van der Waals surface area contributed by atoms with Gasteiger partial charge in [-0.25, -0.2) is 0 Å². The predicted octanol–water partition coefficient (Wildman–Crippen LogP) is 14.8. The minimum absolute atomic E-state index is 0. The first-order valence-electron chi connectivity index (χ1n) is 20.9. The zero-order chi connectivity index (χ0) is 41.8. The van der Waals surface area contributed by atoms with Gasteiger partial charge >= 0.3 is 0 Å². The molecule has 0 aliphatic rings. The fourth-order valence-electron chi connectivity index (χ4n) is 7.37. The maximum absolute atomic E-state index is 11.7. The van der Waals surface area contributed by atoms with E-state index in [-0.39, 0.29) is 43.5 Å². The van der Waals surface area contributed by atoms with E-state index < -0.39 is 0 Å². The number of fused-ring (bicyclic) bond motifs is 2. The number of aliphatic hydroxyl groups excluding tert-OH is 1. The number of carbonyl (C=O) groups excluding carboxylic acids is 1. The number of allylic oxidation sites excluding steroid dienone is 2. The number of aromatic nitrogens is 2. The molecule has 0 atom stereocenters. The third-order valence-corrected chi connectivity index (χ3v) is 10.8. The molecule has 6 rings (SSSR count). The first-order chi connectivity index (χ1) is 27.2. The average molecular weight is 953 g/mol. The number of rotatable bonds is 11. The minimum atomic E-state index is 0. The van der Waals surface area contributed by atoms with Crippen LogP contribution in [0.1, 0.15) is 126 Å². The monoisotopic (exact) mass is 953 g/mol. The first kappa shape index (κ1) is 47.9. The molecule has 5 heteroatoms. The number of pyridine rings is 2. The molecule has 2 heterocycles. The van der Waals surface area contributed by atoms with Gasteiger partial charge in [0, 0.05) is 50.4 Å². The maximum Gasteiger partial charge on any atom is 0.162 e. The van der Waals surface area contributed by atoms with Gasteiger partial charge in [0.2, 0.25) is 0 Å². The van der Waals surface area contributed by atoms with Gasteiger partial charge in [-0.2, -0.15) is 0 Å². The Morgan fingerprint density at radius 1 is 0.603 bits per heavy atom. The summed E-state index contributed by atoms with van der Waals surface area (Å²) in [6.07, 6.45) is 8.70. The summed E-state index contributed by atoms with van der Waals surface area (Å²) in [6, 6.07) is 33.0. The molecule has 0 saturated carbocycles. The van der Waals surface area contributed by atoms with Crippen molar-refractivity contribution in [3.8, 4) is 22.5 Å². The summed E-state index contributed by atoms with van der Waals surface area (Å²) in [7, 11) is 0. The van der Waals surface area contributed by atoms with E-state index in [2.05, 4.69) is 150 Å². The number of nitrogens with zero attached hydrogens (tertiary/aromatic N) is 2. The van der Waals surface area contributed by atoms with E-state index in [9.17, 15) is 9.90 Å². The van der Waals surface area contributed by atoms with Crippen LogP contribution in [-0.2, 0) is 24.9 Å². The van der Waals surface area contributed by atoms with Crippen LogP contribution in [0.5, 0.6) is 0 Å². The van der Waals surface area contributed by atoms with Crippen molar-refractivity contribution in [2.24, 2.45) is 11.8 Å². The van der Waals surface area contributed by atoms with Crippen molar-refractivity contribution in [2.45, 2.75) is 121 Å². The fourth-order valence-corrected chi connectivity index (χ4v) is 7.37. The van der Waals surface area contributed by atoms with Gasteiger partial charge in [-0.15, -0.1) is 69.8 Å². The zero-order valence-electron chi connectivity index (χ0n) is 36.9. The Morgan fingerprint density at radius 3 is 1.34 bits per heavy atom.